The van der Waals surface area contributed by atoms with Crippen molar-refractivity contribution in [3.8, 4) is 17.2 Å². The number of hydrogen-bond acceptors (Lipinski definition) is 6. The van der Waals surface area contributed by atoms with Crippen molar-refractivity contribution in [3.05, 3.63) is 93.4 Å². The Morgan fingerprint density at radius 3 is 2.61 bits per heavy atom. The third-order valence-corrected chi connectivity index (χ3v) is 14.4. The summed E-state index contributed by atoms with van der Waals surface area (Å²) >= 11 is 13.2. The number of nitrogens with one attached hydrogen (secondary N) is 1. The van der Waals surface area contributed by atoms with Gasteiger partial charge >= 0.3 is 6.18 Å². The van der Waals surface area contributed by atoms with Gasteiger partial charge in [0.2, 0.25) is 5.91 Å². The van der Waals surface area contributed by atoms with E-state index in [9.17, 15) is 23.2 Å². The maximum atomic E-state index is 17.4. The van der Waals surface area contributed by atoms with Crippen LogP contribution >= 0.6 is 23.2 Å². The molecule has 302 valence electrons. The molecule has 0 spiro atoms. The first kappa shape index (κ1) is 37.1. The summed E-state index contributed by atoms with van der Waals surface area (Å²) in [6, 6.07) is 14.9. The van der Waals surface area contributed by atoms with Crippen LogP contribution in [0.3, 0.4) is 0 Å². The molecule has 1 amide bonds. The Hall–Kier alpha value is -4.90. The number of pyridine rings is 2. The predicted octanol–water partition coefficient (Wildman–Crippen LogP) is 9.45. The number of hydrogen-bond donors (Lipinski definition) is 1. The minimum atomic E-state index is -4.56. The summed E-state index contributed by atoms with van der Waals surface area (Å²) in [5, 5.41) is 15.4. The van der Waals surface area contributed by atoms with Crippen LogP contribution in [0.5, 0.6) is 0 Å². The molecule has 2 aromatic carbocycles. The Kier molecular flexibility index (Phi) is 8.37. The quantitative estimate of drug-likeness (QED) is 0.161. The highest BCUT2D eigenvalue weighted by molar-refractivity contribution is 6.43. The topological polar surface area (TPSA) is 94.5 Å². The number of imidazole rings is 1. The second kappa shape index (κ2) is 13.3. The van der Waals surface area contributed by atoms with E-state index in [-0.39, 0.29) is 76.5 Å². The van der Waals surface area contributed by atoms with Gasteiger partial charge in [0.25, 0.3) is 0 Å². The lowest BCUT2D eigenvalue weighted by Gasteiger charge is -2.40. The minimum absolute atomic E-state index is 0.00550. The zero-order chi connectivity index (χ0) is 40.6. The predicted molar refractivity (Wildman–Crippen MR) is 217 cm³/mol. The number of rotatable bonds is 7. The standard InChI is InChI=1S/C44H38Cl2F4N8O/c1-21-29-16-33(41-25-12-27(57(41)43(59)22-7-8-22)19-56(18-25)26-9-11-55-20-34(44(48,49)50)54-35(55)15-26)58(40-24-14-32(40)52-17-24)42(29)30-13-23(4-3-10-51)36(38(47)39(30)53-21)28-5-2-6-31(45)37(28)46/h2,5-6,9,11,13,15-16,20,22,24-25,27,32,40-41,52H,3-4,7-8,12,14,17-19H2,1H3. The van der Waals surface area contributed by atoms with Crippen LogP contribution in [0.25, 0.3) is 38.6 Å². The van der Waals surface area contributed by atoms with Gasteiger partial charge in [-0.1, -0.05) is 35.3 Å². The van der Waals surface area contributed by atoms with E-state index in [1.165, 1.54) is 4.40 Å². The first-order valence-corrected chi connectivity index (χ1v) is 21.0. The van der Waals surface area contributed by atoms with Crippen LogP contribution in [0, 0.1) is 41.8 Å². The minimum Gasteiger partial charge on any atom is -0.369 e. The molecule has 12 rings (SSSR count). The van der Waals surface area contributed by atoms with Gasteiger partial charge in [0.15, 0.2) is 11.5 Å². The number of carbonyl (C=O) groups is 1. The Bertz CT molecular complexity index is 2790. The number of likely N-dealkylation sites (tertiary alicyclic amines) is 1. The van der Waals surface area contributed by atoms with Gasteiger partial charge in [0.1, 0.15) is 11.2 Å². The van der Waals surface area contributed by atoms with Gasteiger partial charge in [0.05, 0.1) is 39.8 Å². The molecule has 9 nitrogen and oxygen atoms in total. The molecule has 4 saturated heterocycles. The molecule has 15 heteroatoms. The molecule has 6 fully saturated rings. The van der Waals surface area contributed by atoms with E-state index in [2.05, 4.69) is 36.8 Å². The third kappa shape index (κ3) is 5.69. The summed E-state index contributed by atoms with van der Waals surface area (Å²) in [5.41, 5.74) is 4.11. The number of halogens is 6. The van der Waals surface area contributed by atoms with Gasteiger partial charge in [-0.2, -0.15) is 18.4 Å². The smallest absolute Gasteiger partial charge is 0.369 e. The number of nitriles is 1. The fourth-order valence-electron chi connectivity index (χ4n) is 10.8. The molecule has 59 heavy (non-hydrogen) atoms. The van der Waals surface area contributed by atoms with Crippen molar-refractivity contribution < 1.29 is 22.4 Å². The van der Waals surface area contributed by atoms with Crippen LogP contribution in [-0.4, -0.2) is 61.5 Å². The monoisotopic (exact) mass is 840 g/mol. The molecule has 4 bridgehead atoms. The molecule has 6 aromatic rings. The number of nitrogens with zero attached hydrogens (tertiary/aromatic N) is 7. The molecule has 4 aliphatic heterocycles. The summed E-state index contributed by atoms with van der Waals surface area (Å²) in [7, 11) is 0. The van der Waals surface area contributed by atoms with Gasteiger partial charge in [-0.25, -0.2) is 14.4 Å². The van der Waals surface area contributed by atoms with E-state index in [1.807, 2.05) is 19.1 Å². The van der Waals surface area contributed by atoms with Crippen molar-refractivity contribution in [2.75, 3.05) is 24.5 Å². The van der Waals surface area contributed by atoms with E-state index < -0.39 is 17.7 Å². The zero-order valence-corrected chi connectivity index (χ0v) is 33.4. The normalized spacial score (nSPS) is 25.1. The third-order valence-electron chi connectivity index (χ3n) is 13.6. The Labute approximate surface area is 346 Å². The molecule has 2 saturated carbocycles. The summed E-state index contributed by atoms with van der Waals surface area (Å²) in [4.78, 5) is 27.7. The number of piperidine rings is 1. The van der Waals surface area contributed by atoms with E-state index >= 15 is 4.39 Å². The Balaban J connectivity index is 1.10. The summed E-state index contributed by atoms with van der Waals surface area (Å²) in [6.07, 6.45) is 2.00. The summed E-state index contributed by atoms with van der Waals surface area (Å²) in [6.45, 7) is 3.88. The van der Waals surface area contributed by atoms with Crippen molar-refractivity contribution in [1.82, 2.24) is 29.2 Å². The first-order valence-electron chi connectivity index (χ1n) is 20.2. The maximum Gasteiger partial charge on any atom is 0.434 e. The van der Waals surface area contributed by atoms with E-state index in [4.69, 9.17) is 28.2 Å². The van der Waals surface area contributed by atoms with Gasteiger partial charge in [-0.3, -0.25) is 4.79 Å². The maximum absolute atomic E-state index is 17.4. The van der Waals surface area contributed by atoms with Gasteiger partial charge in [-0.05, 0) is 74.8 Å². The van der Waals surface area contributed by atoms with Crippen LogP contribution in [-0.2, 0) is 17.4 Å². The van der Waals surface area contributed by atoms with Gasteiger partial charge in [0, 0.05) is 101 Å². The molecule has 6 aliphatic rings. The van der Waals surface area contributed by atoms with Crippen molar-refractivity contribution in [1.29, 1.82) is 5.26 Å². The van der Waals surface area contributed by atoms with Crippen molar-refractivity contribution in [2.45, 2.75) is 75.8 Å². The average Bonchev–Trinajstić information content (AvgIpc) is 3.55. The van der Waals surface area contributed by atoms with Crippen molar-refractivity contribution in [3.63, 3.8) is 0 Å². The molecule has 2 aliphatic carbocycles. The molecule has 4 aromatic heterocycles. The molecule has 0 radical (unpaired) electrons. The van der Waals surface area contributed by atoms with E-state index in [0.29, 0.717) is 46.2 Å². The average molecular weight is 842 g/mol. The van der Waals surface area contributed by atoms with Crippen LogP contribution in [0.2, 0.25) is 10.0 Å². The summed E-state index contributed by atoms with van der Waals surface area (Å²) < 4.78 is 61.9. The lowest BCUT2D eigenvalue weighted by molar-refractivity contribution is -0.140. The first-order chi connectivity index (χ1) is 28.4. The number of carbonyl (C=O) groups excluding carboxylic acids is 1. The number of amides is 1. The summed E-state index contributed by atoms with van der Waals surface area (Å²) in [5.74, 6) is -0.0706. The molecule has 1 N–H and O–H groups in total. The second-order valence-electron chi connectivity index (χ2n) is 17.1. The molecule has 6 unspecified atom stereocenters. The largest absolute Gasteiger partial charge is 0.434 e. The Morgan fingerprint density at radius 1 is 1.05 bits per heavy atom. The molecule has 6 atom stereocenters. The highest BCUT2D eigenvalue weighted by Gasteiger charge is 2.55. The van der Waals surface area contributed by atoms with Gasteiger partial charge in [-0.15, -0.1) is 0 Å². The number of alkyl halides is 3. The van der Waals surface area contributed by atoms with E-state index in [0.717, 1.165) is 60.7 Å². The lowest BCUT2D eigenvalue weighted by atomic mass is 9.79. The van der Waals surface area contributed by atoms with E-state index in [1.54, 1.807) is 30.5 Å². The lowest BCUT2D eigenvalue weighted by Crippen LogP contribution is -2.45. The Morgan fingerprint density at radius 2 is 1.88 bits per heavy atom. The zero-order valence-electron chi connectivity index (χ0n) is 31.9. The highest BCUT2D eigenvalue weighted by atomic mass is 35.5. The second-order valence-corrected chi connectivity index (χ2v) is 17.9. The fourth-order valence-corrected chi connectivity index (χ4v) is 11.2. The van der Waals surface area contributed by atoms with Crippen molar-refractivity contribution >= 4 is 62.2 Å². The number of aromatic nitrogens is 4. The molecule has 8 heterocycles. The highest BCUT2D eigenvalue weighted by Crippen LogP contribution is 2.54. The number of anilines is 1. The SMILES string of the molecule is Cc1nc2c(F)c(-c3cccc(Cl)c3Cl)c(CCC#N)cc2c2c1cc(C1C3CC(CN(c4ccn5cc(C(F)(F)F)nc5c4)C3)N1C(=O)C1CC1)n2C1C2CNC1C2. The van der Waals surface area contributed by atoms with Crippen LogP contribution in [0.1, 0.15) is 66.8 Å². The van der Waals surface area contributed by atoms with Crippen LogP contribution < -0.4 is 10.2 Å². The number of benzene rings is 2. The number of aryl methyl sites for hydroxylation is 2. The fraction of sp³-hybridized carbons (Fsp3) is 0.409. The molecular weight excluding hydrogens is 803 g/mol. The molecular formula is C44H38Cl2F4N8O. The van der Waals surface area contributed by atoms with Crippen LogP contribution in [0.15, 0.2) is 54.9 Å². The number of fused-ring (bicyclic) bond motifs is 7. The van der Waals surface area contributed by atoms with Crippen molar-refractivity contribution in [2.24, 2.45) is 17.8 Å². The van der Waals surface area contributed by atoms with Gasteiger partial charge < -0.3 is 24.1 Å². The van der Waals surface area contributed by atoms with Crippen LogP contribution in [0.4, 0.5) is 23.2 Å².